The summed E-state index contributed by atoms with van der Waals surface area (Å²) >= 11 is 0. The molecule has 0 aliphatic rings. The molecule has 0 spiro atoms. The van der Waals surface area contributed by atoms with E-state index in [1.54, 1.807) is 0 Å². The van der Waals surface area contributed by atoms with E-state index in [1.165, 1.54) is 5.56 Å². The van der Waals surface area contributed by atoms with Crippen LogP contribution in [0.15, 0.2) is 33.7 Å². The zero-order valence-corrected chi connectivity index (χ0v) is 11.1. The molecule has 0 aliphatic carbocycles. The monoisotopic (exact) mass is 270 g/mol. The lowest BCUT2D eigenvalue weighted by atomic mass is 10.0. The van der Waals surface area contributed by atoms with Gasteiger partial charge in [-0.3, -0.25) is 9.78 Å². The number of benzene rings is 1. The van der Waals surface area contributed by atoms with Crippen LogP contribution in [-0.2, 0) is 12.8 Å². The minimum Gasteiger partial charge on any atom is -0.299 e. The zero-order valence-electron chi connectivity index (χ0n) is 11.1. The first kappa shape index (κ1) is 12.5. The first-order chi connectivity index (χ1) is 9.76. The van der Waals surface area contributed by atoms with Gasteiger partial charge >= 0.3 is 0 Å². The van der Waals surface area contributed by atoms with E-state index >= 15 is 0 Å². The summed E-state index contributed by atoms with van der Waals surface area (Å²) in [5, 5.41) is 7.19. The van der Waals surface area contributed by atoms with E-state index < -0.39 is 0 Å². The number of H-pyrrole nitrogens is 1. The quantitative estimate of drug-likeness (QED) is 0.782. The second-order valence-corrected chi connectivity index (χ2v) is 4.69. The number of hydrogen-bond donors (Lipinski definition) is 1. The second kappa shape index (κ2) is 5.24. The Balaban J connectivity index is 1.88. The van der Waals surface area contributed by atoms with Gasteiger partial charge in [-0.1, -0.05) is 37.6 Å². The first-order valence-electron chi connectivity index (χ1n) is 6.55. The molecular formula is C14H14N4O2. The summed E-state index contributed by atoms with van der Waals surface area (Å²) in [5.41, 5.74) is 3.09. The van der Waals surface area contributed by atoms with Crippen molar-refractivity contribution in [3.8, 4) is 0 Å². The fraction of sp³-hybridized carbons (Fsp3) is 0.286. The molecule has 6 heteroatoms. The summed E-state index contributed by atoms with van der Waals surface area (Å²) in [6, 6.07) is 8.22. The molecule has 3 rings (SSSR count). The van der Waals surface area contributed by atoms with Crippen LogP contribution >= 0.6 is 0 Å². The van der Waals surface area contributed by atoms with Gasteiger partial charge in [-0.2, -0.15) is 0 Å². The van der Waals surface area contributed by atoms with Gasteiger partial charge in [0.25, 0.3) is 5.56 Å². The summed E-state index contributed by atoms with van der Waals surface area (Å²) in [6.45, 7) is 2.15. The molecule has 0 amide bonds. The highest BCUT2D eigenvalue weighted by Crippen LogP contribution is 2.10. The number of aryl methyl sites for hydroxylation is 1. The lowest BCUT2D eigenvalue weighted by Crippen LogP contribution is -2.15. The van der Waals surface area contributed by atoms with Crippen LogP contribution in [0.4, 0.5) is 0 Å². The average molecular weight is 270 g/mol. The van der Waals surface area contributed by atoms with Crippen LogP contribution in [0.1, 0.15) is 30.2 Å². The van der Waals surface area contributed by atoms with Crippen molar-refractivity contribution in [3.63, 3.8) is 0 Å². The number of rotatable bonds is 4. The molecule has 0 radical (unpaired) electrons. The minimum absolute atomic E-state index is 0.258. The van der Waals surface area contributed by atoms with Crippen molar-refractivity contribution >= 4 is 11.3 Å². The molecule has 0 bridgehead atoms. The predicted octanol–water partition coefficient (Wildman–Crippen LogP) is 1.85. The maximum Gasteiger partial charge on any atom is 0.271 e. The standard InChI is InChI=1S/C14H14N4O2/c1-2-3-9-4-6-10(7-5-9)8-11-14(19)16-13-12(15-11)17-20-18-13/h4-7H,2-3,8H2,1H3,(H,16,18,19). The Kier molecular flexibility index (Phi) is 3.28. The fourth-order valence-corrected chi connectivity index (χ4v) is 2.12. The molecule has 2 aromatic heterocycles. The Labute approximate surface area is 114 Å². The zero-order chi connectivity index (χ0) is 13.9. The SMILES string of the molecule is CCCc1ccc(Cc2nc3nonc3[nH]c2=O)cc1. The van der Waals surface area contributed by atoms with Crippen LogP contribution in [0.5, 0.6) is 0 Å². The van der Waals surface area contributed by atoms with E-state index in [2.05, 4.69) is 44.0 Å². The Hall–Kier alpha value is -2.50. The van der Waals surface area contributed by atoms with Gasteiger partial charge in [0.2, 0.25) is 11.3 Å². The minimum atomic E-state index is -0.258. The van der Waals surface area contributed by atoms with Crippen molar-refractivity contribution in [3.05, 3.63) is 51.4 Å². The van der Waals surface area contributed by atoms with Crippen LogP contribution in [0.3, 0.4) is 0 Å². The maximum atomic E-state index is 11.9. The highest BCUT2D eigenvalue weighted by molar-refractivity contribution is 5.62. The van der Waals surface area contributed by atoms with Crippen LogP contribution < -0.4 is 5.56 Å². The van der Waals surface area contributed by atoms with Gasteiger partial charge in [0.15, 0.2) is 0 Å². The van der Waals surface area contributed by atoms with Gasteiger partial charge in [0.1, 0.15) is 5.69 Å². The number of hydrogen-bond acceptors (Lipinski definition) is 5. The van der Waals surface area contributed by atoms with Crippen molar-refractivity contribution in [2.45, 2.75) is 26.2 Å². The van der Waals surface area contributed by atoms with Crippen LogP contribution in [-0.4, -0.2) is 20.3 Å². The highest BCUT2D eigenvalue weighted by Gasteiger charge is 2.09. The molecule has 20 heavy (non-hydrogen) atoms. The first-order valence-corrected chi connectivity index (χ1v) is 6.55. The molecule has 0 saturated carbocycles. The Morgan fingerprint density at radius 2 is 1.90 bits per heavy atom. The Bertz CT molecular complexity index is 774. The molecule has 0 fully saturated rings. The summed E-state index contributed by atoms with van der Waals surface area (Å²) in [5.74, 6) is 0. The average Bonchev–Trinajstić information content (AvgIpc) is 2.89. The molecule has 0 aliphatic heterocycles. The normalized spacial score (nSPS) is 11.1. The number of aromatic amines is 1. The van der Waals surface area contributed by atoms with Crippen molar-refractivity contribution in [1.29, 1.82) is 0 Å². The van der Waals surface area contributed by atoms with Gasteiger partial charge in [-0.05, 0) is 27.9 Å². The number of nitrogens with one attached hydrogen (secondary N) is 1. The smallest absolute Gasteiger partial charge is 0.271 e. The molecule has 0 unspecified atom stereocenters. The van der Waals surface area contributed by atoms with Gasteiger partial charge < -0.3 is 0 Å². The van der Waals surface area contributed by atoms with Crippen molar-refractivity contribution in [2.75, 3.05) is 0 Å². The summed E-state index contributed by atoms with van der Waals surface area (Å²) in [7, 11) is 0. The number of nitrogens with zero attached hydrogens (tertiary/aromatic N) is 3. The van der Waals surface area contributed by atoms with Crippen molar-refractivity contribution < 1.29 is 4.63 Å². The van der Waals surface area contributed by atoms with E-state index in [9.17, 15) is 4.79 Å². The third-order valence-corrected chi connectivity index (χ3v) is 3.14. The van der Waals surface area contributed by atoms with Crippen LogP contribution in [0.25, 0.3) is 11.3 Å². The van der Waals surface area contributed by atoms with Crippen molar-refractivity contribution in [1.82, 2.24) is 20.3 Å². The molecule has 1 N–H and O–H groups in total. The van der Waals surface area contributed by atoms with E-state index in [0.29, 0.717) is 17.8 Å². The van der Waals surface area contributed by atoms with Gasteiger partial charge in [-0.25, -0.2) is 9.61 Å². The van der Waals surface area contributed by atoms with E-state index in [1.807, 2.05) is 12.1 Å². The van der Waals surface area contributed by atoms with Crippen molar-refractivity contribution in [2.24, 2.45) is 0 Å². The molecular weight excluding hydrogens is 256 g/mol. The molecule has 102 valence electrons. The molecule has 6 nitrogen and oxygen atoms in total. The maximum absolute atomic E-state index is 11.9. The predicted molar refractivity (Wildman–Crippen MR) is 73.5 cm³/mol. The second-order valence-electron chi connectivity index (χ2n) is 4.69. The largest absolute Gasteiger partial charge is 0.299 e. The van der Waals surface area contributed by atoms with Gasteiger partial charge in [0.05, 0.1) is 0 Å². The summed E-state index contributed by atoms with van der Waals surface area (Å²) < 4.78 is 4.54. The number of fused-ring (bicyclic) bond motifs is 1. The molecule has 1 aromatic carbocycles. The van der Waals surface area contributed by atoms with Crippen LogP contribution in [0, 0.1) is 0 Å². The lowest BCUT2D eigenvalue weighted by molar-refractivity contribution is 0.314. The Morgan fingerprint density at radius 1 is 1.15 bits per heavy atom. The third-order valence-electron chi connectivity index (χ3n) is 3.14. The van der Waals surface area contributed by atoms with Crippen LogP contribution in [0.2, 0.25) is 0 Å². The third kappa shape index (κ3) is 2.45. The number of aromatic nitrogens is 4. The van der Waals surface area contributed by atoms with E-state index in [4.69, 9.17) is 0 Å². The lowest BCUT2D eigenvalue weighted by Gasteiger charge is -2.02. The summed E-state index contributed by atoms with van der Waals surface area (Å²) in [4.78, 5) is 18.7. The van der Waals surface area contributed by atoms with Gasteiger partial charge in [-0.15, -0.1) is 0 Å². The molecule has 0 saturated heterocycles. The highest BCUT2D eigenvalue weighted by atomic mass is 16.6. The van der Waals surface area contributed by atoms with E-state index in [0.717, 1.165) is 18.4 Å². The van der Waals surface area contributed by atoms with E-state index in [-0.39, 0.29) is 11.2 Å². The Morgan fingerprint density at radius 3 is 2.65 bits per heavy atom. The fourth-order valence-electron chi connectivity index (χ4n) is 2.12. The topological polar surface area (TPSA) is 84.7 Å². The molecule has 0 atom stereocenters. The van der Waals surface area contributed by atoms with Gasteiger partial charge in [0, 0.05) is 6.42 Å². The molecule has 3 aromatic rings. The summed E-state index contributed by atoms with van der Waals surface area (Å²) in [6.07, 6.45) is 2.65. The molecule has 2 heterocycles.